The Kier molecular flexibility index (Phi) is 4.75. The number of imide groups is 2. The molecule has 0 bridgehead atoms. The lowest BCUT2D eigenvalue weighted by molar-refractivity contribution is -0.136. The number of sulfonamides is 1. The molecule has 10 heteroatoms. The second-order valence-corrected chi connectivity index (χ2v) is 9.50. The first-order chi connectivity index (χ1) is 15.7. The summed E-state index contributed by atoms with van der Waals surface area (Å²) in [6.07, 6.45) is 0.0538. The lowest BCUT2D eigenvalue weighted by atomic mass is 10.0. The molecule has 0 aliphatic carbocycles. The van der Waals surface area contributed by atoms with Crippen LogP contribution in [0.4, 0.5) is 5.69 Å². The molecular formula is C23H17N3O6S. The molecule has 1 atom stereocenters. The summed E-state index contributed by atoms with van der Waals surface area (Å²) in [5.41, 5.74) is 0.162. The van der Waals surface area contributed by atoms with Gasteiger partial charge < -0.3 is 0 Å². The smallest absolute Gasteiger partial charge is 0.262 e. The Bertz CT molecular complexity index is 1480. The monoisotopic (exact) mass is 463 g/mol. The molecule has 0 radical (unpaired) electrons. The first kappa shape index (κ1) is 20.8. The lowest BCUT2D eigenvalue weighted by Crippen LogP contribution is -2.54. The Balaban J connectivity index is 1.43. The number of carbonyl (C=O) groups excluding carboxylic acids is 4. The van der Waals surface area contributed by atoms with Crippen LogP contribution in [-0.2, 0) is 19.6 Å². The number of hydrogen-bond donors (Lipinski definition) is 2. The highest BCUT2D eigenvalue weighted by Crippen LogP contribution is 2.30. The molecule has 2 heterocycles. The minimum absolute atomic E-state index is 0.0107. The molecule has 166 valence electrons. The van der Waals surface area contributed by atoms with Gasteiger partial charge in [-0.25, -0.2) is 8.42 Å². The van der Waals surface area contributed by atoms with Gasteiger partial charge in [0.15, 0.2) is 0 Å². The maximum atomic E-state index is 12.9. The minimum atomic E-state index is -3.96. The predicted octanol–water partition coefficient (Wildman–Crippen LogP) is 2.04. The molecule has 0 spiro atoms. The van der Waals surface area contributed by atoms with E-state index in [-0.39, 0.29) is 34.6 Å². The number of amides is 4. The highest BCUT2D eigenvalue weighted by Gasteiger charge is 2.44. The molecule has 1 saturated heterocycles. The van der Waals surface area contributed by atoms with Crippen molar-refractivity contribution in [3.05, 3.63) is 71.8 Å². The second-order valence-electron chi connectivity index (χ2n) is 7.82. The topological polar surface area (TPSA) is 130 Å². The normalized spacial score (nSPS) is 18.4. The second kappa shape index (κ2) is 7.52. The van der Waals surface area contributed by atoms with E-state index in [1.54, 1.807) is 18.2 Å². The summed E-state index contributed by atoms with van der Waals surface area (Å²) in [4.78, 5) is 50.2. The Labute approximate surface area is 188 Å². The fraction of sp³-hybridized carbons (Fsp3) is 0.130. The van der Waals surface area contributed by atoms with Crippen molar-refractivity contribution in [2.75, 3.05) is 4.72 Å². The fourth-order valence-electron chi connectivity index (χ4n) is 4.08. The average molecular weight is 463 g/mol. The first-order valence-electron chi connectivity index (χ1n) is 10.1. The van der Waals surface area contributed by atoms with Crippen LogP contribution in [0.25, 0.3) is 10.8 Å². The van der Waals surface area contributed by atoms with Crippen LogP contribution in [0.2, 0.25) is 0 Å². The van der Waals surface area contributed by atoms with E-state index < -0.39 is 39.7 Å². The zero-order valence-corrected chi connectivity index (χ0v) is 17.9. The van der Waals surface area contributed by atoms with E-state index >= 15 is 0 Å². The summed E-state index contributed by atoms with van der Waals surface area (Å²) >= 11 is 0. The molecular weight excluding hydrogens is 446 g/mol. The van der Waals surface area contributed by atoms with Crippen LogP contribution in [0.3, 0.4) is 0 Å². The van der Waals surface area contributed by atoms with E-state index in [0.29, 0.717) is 0 Å². The number of carbonyl (C=O) groups is 4. The Morgan fingerprint density at radius 2 is 1.58 bits per heavy atom. The number of nitrogens with zero attached hydrogens (tertiary/aromatic N) is 1. The SMILES string of the molecule is O=C1CCC(N2C(=O)c3ccc(NS(=O)(=O)c4ccc5ccccc5c4)cc3C2=O)C(=O)N1. The number of hydrogen-bond acceptors (Lipinski definition) is 6. The van der Waals surface area contributed by atoms with E-state index in [2.05, 4.69) is 10.0 Å². The number of anilines is 1. The number of benzene rings is 3. The van der Waals surface area contributed by atoms with Gasteiger partial charge in [0, 0.05) is 12.1 Å². The molecule has 2 aliphatic heterocycles. The summed E-state index contributed by atoms with van der Waals surface area (Å²) in [6, 6.07) is 15.0. The van der Waals surface area contributed by atoms with Crippen LogP contribution in [0, 0.1) is 0 Å². The molecule has 9 nitrogen and oxygen atoms in total. The predicted molar refractivity (Wildman–Crippen MR) is 118 cm³/mol. The molecule has 3 aromatic rings. The highest BCUT2D eigenvalue weighted by molar-refractivity contribution is 7.92. The standard InChI is InChI=1S/C23H17N3O6S/c27-20-10-9-19(21(28)24-20)26-22(29)17-8-6-15(12-18(17)23(26)30)25-33(31,32)16-7-5-13-3-1-2-4-14(13)11-16/h1-8,11-12,19,25H,9-10H2,(H,24,27,28). The van der Waals surface area contributed by atoms with Crippen molar-refractivity contribution in [3.63, 3.8) is 0 Å². The molecule has 0 saturated carbocycles. The molecule has 33 heavy (non-hydrogen) atoms. The van der Waals surface area contributed by atoms with Crippen LogP contribution in [-0.4, -0.2) is 43.0 Å². The zero-order valence-electron chi connectivity index (χ0n) is 17.1. The van der Waals surface area contributed by atoms with Crippen LogP contribution < -0.4 is 10.0 Å². The van der Waals surface area contributed by atoms with Gasteiger partial charge in [-0.15, -0.1) is 0 Å². The Hall–Kier alpha value is -4.05. The van der Waals surface area contributed by atoms with Gasteiger partial charge in [-0.05, 0) is 47.5 Å². The van der Waals surface area contributed by atoms with Gasteiger partial charge in [0.05, 0.1) is 16.0 Å². The van der Waals surface area contributed by atoms with E-state index in [0.717, 1.165) is 15.7 Å². The third kappa shape index (κ3) is 3.54. The van der Waals surface area contributed by atoms with Crippen molar-refractivity contribution in [2.24, 2.45) is 0 Å². The first-order valence-corrected chi connectivity index (χ1v) is 11.6. The molecule has 2 N–H and O–H groups in total. The molecule has 3 aromatic carbocycles. The van der Waals surface area contributed by atoms with Crippen molar-refractivity contribution in [2.45, 2.75) is 23.8 Å². The van der Waals surface area contributed by atoms with Gasteiger partial charge in [-0.2, -0.15) is 0 Å². The summed E-state index contributed by atoms with van der Waals surface area (Å²) < 4.78 is 28.3. The summed E-state index contributed by atoms with van der Waals surface area (Å²) in [5.74, 6) is -2.54. The quantitative estimate of drug-likeness (QED) is 0.570. The van der Waals surface area contributed by atoms with Crippen molar-refractivity contribution < 1.29 is 27.6 Å². The van der Waals surface area contributed by atoms with Crippen molar-refractivity contribution >= 4 is 50.1 Å². The van der Waals surface area contributed by atoms with Crippen LogP contribution in [0.1, 0.15) is 33.6 Å². The van der Waals surface area contributed by atoms with Crippen molar-refractivity contribution in [1.29, 1.82) is 0 Å². The molecule has 1 fully saturated rings. The number of fused-ring (bicyclic) bond motifs is 2. The maximum Gasteiger partial charge on any atom is 0.262 e. The van der Waals surface area contributed by atoms with Gasteiger partial charge in [0.25, 0.3) is 21.8 Å². The van der Waals surface area contributed by atoms with E-state index in [4.69, 9.17) is 0 Å². The summed E-state index contributed by atoms with van der Waals surface area (Å²) in [5, 5.41) is 3.79. The molecule has 0 aromatic heterocycles. The third-order valence-corrected chi connectivity index (χ3v) is 7.10. The zero-order chi connectivity index (χ0) is 23.3. The number of piperidine rings is 1. The van der Waals surface area contributed by atoms with Gasteiger partial charge in [-0.1, -0.05) is 30.3 Å². The van der Waals surface area contributed by atoms with Gasteiger partial charge in [0.1, 0.15) is 6.04 Å². The lowest BCUT2D eigenvalue weighted by Gasteiger charge is -2.27. The molecule has 2 aliphatic rings. The third-order valence-electron chi connectivity index (χ3n) is 5.72. The van der Waals surface area contributed by atoms with Crippen LogP contribution in [0.5, 0.6) is 0 Å². The highest BCUT2D eigenvalue weighted by atomic mass is 32.2. The number of rotatable bonds is 4. The van der Waals surface area contributed by atoms with Gasteiger partial charge in [-0.3, -0.25) is 34.1 Å². The van der Waals surface area contributed by atoms with Crippen molar-refractivity contribution in [3.8, 4) is 0 Å². The van der Waals surface area contributed by atoms with Crippen LogP contribution in [0.15, 0.2) is 65.6 Å². The summed E-state index contributed by atoms with van der Waals surface area (Å²) in [7, 11) is -3.96. The van der Waals surface area contributed by atoms with E-state index in [1.165, 1.54) is 24.3 Å². The number of nitrogens with one attached hydrogen (secondary N) is 2. The largest absolute Gasteiger partial charge is 0.295 e. The van der Waals surface area contributed by atoms with E-state index in [1.807, 2.05) is 18.2 Å². The average Bonchev–Trinajstić information content (AvgIpc) is 3.03. The van der Waals surface area contributed by atoms with Gasteiger partial charge >= 0.3 is 0 Å². The molecule has 5 rings (SSSR count). The summed E-state index contributed by atoms with van der Waals surface area (Å²) in [6.45, 7) is 0. The Morgan fingerprint density at radius 3 is 2.33 bits per heavy atom. The van der Waals surface area contributed by atoms with Gasteiger partial charge in [0.2, 0.25) is 11.8 Å². The Morgan fingerprint density at radius 1 is 0.848 bits per heavy atom. The van der Waals surface area contributed by atoms with Crippen molar-refractivity contribution in [1.82, 2.24) is 10.2 Å². The van der Waals surface area contributed by atoms with Crippen LogP contribution >= 0.6 is 0 Å². The molecule has 4 amide bonds. The fourth-order valence-corrected chi connectivity index (χ4v) is 5.17. The molecule has 1 unspecified atom stereocenters. The maximum absolute atomic E-state index is 12.9. The minimum Gasteiger partial charge on any atom is -0.295 e. The van der Waals surface area contributed by atoms with E-state index in [9.17, 15) is 27.6 Å².